The third-order valence-corrected chi connectivity index (χ3v) is 3.40. The lowest BCUT2D eigenvalue weighted by atomic mass is 9.87. The fraction of sp³-hybridized carbons (Fsp3) is 0.625. The molecule has 2 heteroatoms. The number of hydrogen-bond acceptors (Lipinski definition) is 2. The van der Waals surface area contributed by atoms with Crippen LogP contribution in [-0.4, -0.2) is 5.25 Å². The molecule has 1 rings (SSSR count). The number of nitrogens with two attached hydrogens (primary N) is 1. The Labute approximate surface area is 66.4 Å². The van der Waals surface area contributed by atoms with Crippen molar-refractivity contribution in [2.24, 2.45) is 11.7 Å². The smallest absolute Gasteiger partial charge is 0.109 e. The average Bonchev–Trinajstić information content (AvgIpc) is 1.96. The molecule has 0 saturated heterocycles. The van der Waals surface area contributed by atoms with Gasteiger partial charge in [-0.1, -0.05) is 31.0 Å². The molecule has 2 atom stereocenters. The Hall–Kier alpha value is -0.330. The summed E-state index contributed by atoms with van der Waals surface area (Å²) in [5.41, 5.74) is 8.24. The van der Waals surface area contributed by atoms with Crippen molar-refractivity contribution in [2.75, 3.05) is 0 Å². The highest BCUT2D eigenvalue weighted by molar-refractivity contribution is 8.03. The molecule has 1 aliphatic rings. The fourth-order valence-electron chi connectivity index (χ4n) is 1.02. The average molecular weight is 155 g/mol. The van der Waals surface area contributed by atoms with Crippen LogP contribution in [0.2, 0.25) is 0 Å². The maximum absolute atomic E-state index is 5.55. The van der Waals surface area contributed by atoms with Crippen LogP contribution in [0.5, 0.6) is 0 Å². The fourth-order valence-corrected chi connectivity index (χ4v) is 2.05. The van der Waals surface area contributed by atoms with E-state index in [9.17, 15) is 0 Å². The van der Waals surface area contributed by atoms with Crippen LogP contribution in [0, 0.1) is 5.92 Å². The first-order valence-corrected chi connectivity index (χ1v) is 4.44. The lowest BCUT2D eigenvalue weighted by Gasteiger charge is -2.32. The standard InChI is InChI=1S/C8H13NS/c1-3-8(9)10-7-5-4-6(7)2/h6-7H,1,4-5,9H2,2H3. The zero-order valence-electron chi connectivity index (χ0n) is 6.26. The molecule has 0 radical (unpaired) electrons. The van der Waals surface area contributed by atoms with Gasteiger partial charge in [-0.2, -0.15) is 0 Å². The van der Waals surface area contributed by atoms with E-state index in [4.69, 9.17) is 5.73 Å². The Balaban J connectivity index is 2.32. The van der Waals surface area contributed by atoms with Gasteiger partial charge in [0.25, 0.3) is 0 Å². The second-order valence-corrected chi connectivity index (χ2v) is 4.03. The Morgan fingerprint density at radius 1 is 1.70 bits per heavy atom. The molecule has 1 nitrogen and oxygen atoms in total. The summed E-state index contributed by atoms with van der Waals surface area (Å²) in [7, 11) is 0. The molecule has 0 bridgehead atoms. The van der Waals surface area contributed by atoms with E-state index in [1.165, 1.54) is 12.8 Å². The van der Waals surface area contributed by atoms with Gasteiger partial charge in [-0.25, -0.2) is 0 Å². The Morgan fingerprint density at radius 2 is 2.40 bits per heavy atom. The van der Waals surface area contributed by atoms with Gasteiger partial charge in [-0.3, -0.25) is 0 Å². The lowest BCUT2D eigenvalue weighted by molar-refractivity contribution is 0.363. The molecule has 0 spiro atoms. The summed E-state index contributed by atoms with van der Waals surface area (Å²) in [6, 6.07) is 0. The van der Waals surface area contributed by atoms with E-state index < -0.39 is 0 Å². The van der Waals surface area contributed by atoms with Crippen molar-refractivity contribution in [1.82, 2.24) is 0 Å². The quantitative estimate of drug-likeness (QED) is 0.618. The lowest BCUT2D eigenvalue weighted by Crippen LogP contribution is -2.26. The minimum atomic E-state index is 0.731. The molecule has 56 valence electrons. The Bertz CT molecular complexity index is 170. The van der Waals surface area contributed by atoms with Crippen LogP contribution in [-0.2, 0) is 0 Å². The zero-order valence-corrected chi connectivity index (χ0v) is 7.08. The van der Waals surface area contributed by atoms with Crippen molar-refractivity contribution in [1.29, 1.82) is 0 Å². The molecule has 2 N–H and O–H groups in total. The predicted octanol–water partition coefficient (Wildman–Crippen LogP) is 2.10. The van der Waals surface area contributed by atoms with Crippen LogP contribution in [0.4, 0.5) is 0 Å². The van der Waals surface area contributed by atoms with Crippen molar-refractivity contribution in [3.63, 3.8) is 0 Å². The van der Waals surface area contributed by atoms with E-state index in [0.717, 1.165) is 16.2 Å². The molecule has 0 aliphatic heterocycles. The van der Waals surface area contributed by atoms with Gasteiger partial charge in [-0.05, 0) is 18.8 Å². The molecule has 10 heavy (non-hydrogen) atoms. The second kappa shape index (κ2) is 3.18. The third-order valence-electron chi connectivity index (χ3n) is 1.99. The van der Waals surface area contributed by atoms with Gasteiger partial charge in [0.2, 0.25) is 0 Å². The molecule has 0 aromatic rings. The summed E-state index contributed by atoms with van der Waals surface area (Å²) < 4.78 is 0. The minimum Gasteiger partial charge on any atom is -0.387 e. The molecule has 0 aromatic heterocycles. The topological polar surface area (TPSA) is 26.0 Å². The van der Waals surface area contributed by atoms with Gasteiger partial charge in [0.1, 0.15) is 5.03 Å². The van der Waals surface area contributed by atoms with E-state index in [1.807, 2.05) is 0 Å². The molecular weight excluding hydrogens is 142 g/mol. The third kappa shape index (κ3) is 1.59. The molecule has 0 amide bonds. The zero-order chi connectivity index (χ0) is 7.56. The first-order valence-electron chi connectivity index (χ1n) is 3.56. The highest BCUT2D eigenvalue weighted by Gasteiger charge is 2.27. The van der Waals surface area contributed by atoms with Crippen molar-refractivity contribution >= 4 is 11.8 Å². The van der Waals surface area contributed by atoms with Crippen LogP contribution >= 0.6 is 11.8 Å². The SMILES string of the molecule is C=C=C(N)SC1CCC1C. The van der Waals surface area contributed by atoms with Crippen molar-refractivity contribution in [3.05, 3.63) is 17.3 Å². The summed E-state index contributed by atoms with van der Waals surface area (Å²) in [6.07, 6.45) is 2.65. The van der Waals surface area contributed by atoms with Gasteiger partial charge in [0, 0.05) is 5.25 Å². The number of rotatable bonds is 2. The van der Waals surface area contributed by atoms with Crippen LogP contribution in [0.25, 0.3) is 0 Å². The van der Waals surface area contributed by atoms with Crippen molar-refractivity contribution < 1.29 is 0 Å². The maximum atomic E-state index is 5.55. The van der Waals surface area contributed by atoms with E-state index in [-0.39, 0.29) is 0 Å². The number of hydrogen-bond donors (Lipinski definition) is 1. The molecule has 1 saturated carbocycles. The molecular formula is C8H13NS. The van der Waals surface area contributed by atoms with Crippen LogP contribution in [0.3, 0.4) is 0 Å². The highest BCUT2D eigenvalue weighted by atomic mass is 32.2. The van der Waals surface area contributed by atoms with Crippen molar-refractivity contribution in [3.8, 4) is 0 Å². The Morgan fingerprint density at radius 3 is 2.70 bits per heavy atom. The van der Waals surface area contributed by atoms with Gasteiger partial charge < -0.3 is 5.73 Å². The maximum Gasteiger partial charge on any atom is 0.109 e. The van der Waals surface area contributed by atoms with Crippen molar-refractivity contribution in [2.45, 2.75) is 25.0 Å². The van der Waals surface area contributed by atoms with Gasteiger partial charge >= 0.3 is 0 Å². The van der Waals surface area contributed by atoms with Crippen LogP contribution in [0.1, 0.15) is 19.8 Å². The van der Waals surface area contributed by atoms with Gasteiger partial charge in [0.15, 0.2) is 0 Å². The van der Waals surface area contributed by atoms with Crippen LogP contribution in [0.15, 0.2) is 17.3 Å². The largest absolute Gasteiger partial charge is 0.387 e. The first-order chi connectivity index (χ1) is 4.74. The molecule has 1 aliphatic carbocycles. The van der Waals surface area contributed by atoms with Gasteiger partial charge in [-0.15, -0.1) is 0 Å². The molecule has 1 fully saturated rings. The summed E-state index contributed by atoms with van der Waals surface area (Å²) in [4.78, 5) is 0. The highest BCUT2D eigenvalue weighted by Crippen LogP contribution is 2.38. The summed E-state index contributed by atoms with van der Waals surface area (Å²) >= 11 is 1.72. The predicted molar refractivity (Wildman–Crippen MR) is 46.6 cm³/mol. The van der Waals surface area contributed by atoms with Crippen LogP contribution < -0.4 is 5.73 Å². The Kier molecular flexibility index (Phi) is 2.47. The summed E-state index contributed by atoms with van der Waals surface area (Å²) in [6.45, 7) is 5.75. The number of thioether (sulfide) groups is 1. The molecule has 0 aromatic carbocycles. The van der Waals surface area contributed by atoms with E-state index >= 15 is 0 Å². The summed E-state index contributed by atoms with van der Waals surface area (Å²) in [5.74, 6) is 0.830. The van der Waals surface area contributed by atoms with E-state index in [1.54, 1.807) is 11.8 Å². The van der Waals surface area contributed by atoms with E-state index in [2.05, 4.69) is 19.2 Å². The van der Waals surface area contributed by atoms with E-state index in [0.29, 0.717) is 0 Å². The van der Waals surface area contributed by atoms with Gasteiger partial charge in [0.05, 0.1) is 0 Å². The normalized spacial score (nSPS) is 30.5. The minimum absolute atomic E-state index is 0.731. The first kappa shape index (κ1) is 7.77. The molecule has 2 unspecified atom stereocenters. The second-order valence-electron chi connectivity index (χ2n) is 2.75. The molecule has 0 heterocycles. The summed E-state index contributed by atoms with van der Waals surface area (Å²) in [5, 5.41) is 1.48. The monoisotopic (exact) mass is 155 g/mol.